The van der Waals surface area contributed by atoms with E-state index < -0.39 is 0 Å². The van der Waals surface area contributed by atoms with Crippen molar-refractivity contribution in [2.45, 2.75) is 50.2 Å². The predicted molar refractivity (Wildman–Crippen MR) is 56.2 cm³/mol. The third kappa shape index (κ3) is 1.31. The van der Waals surface area contributed by atoms with Gasteiger partial charge in [0.25, 0.3) is 0 Å². The summed E-state index contributed by atoms with van der Waals surface area (Å²) in [6.07, 6.45) is 8.81. The molecule has 3 fully saturated rings. The predicted octanol–water partition coefficient (Wildman–Crippen LogP) is 1.94. The van der Waals surface area contributed by atoms with E-state index in [1.807, 2.05) is 7.05 Å². The molecule has 80 valence electrons. The highest BCUT2D eigenvalue weighted by Crippen LogP contribution is 2.60. The summed E-state index contributed by atoms with van der Waals surface area (Å²) in [5.41, 5.74) is 0.338. The lowest BCUT2D eigenvalue weighted by molar-refractivity contribution is -0.0728. The van der Waals surface area contributed by atoms with Crippen molar-refractivity contribution in [2.24, 2.45) is 11.8 Å². The summed E-state index contributed by atoms with van der Waals surface area (Å²) in [5.74, 6) is 1.98. The molecule has 4 unspecified atom stereocenters. The van der Waals surface area contributed by atoms with Crippen molar-refractivity contribution in [1.82, 2.24) is 5.32 Å². The van der Waals surface area contributed by atoms with E-state index >= 15 is 0 Å². The molecule has 1 N–H and O–H groups in total. The number of hydrogen-bond acceptors (Lipinski definition) is 2. The molecular formula is C12H21NO. The number of hydrogen-bond donors (Lipinski definition) is 1. The average molecular weight is 195 g/mol. The van der Waals surface area contributed by atoms with Crippen LogP contribution in [0.1, 0.15) is 38.5 Å². The van der Waals surface area contributed by atoms with Crippen molar-refractivity contribution in [2.75, 3.05) is 13.6 Å². The molecule has 2 saturated carbocycles. The molecule has 1 aliphatic heterocycles. The maximum Gasteiger partial charge on any atom is 0.0718 e. The lowest BCUT2D eigenvalue weighted by Crippen LogP contribution is -2.36. The minimum Gasteiger partial charge on any atom is -0.370 e. The summed E-state index contributed by atoms with van der Waals surface area (Å²) >= 11 is 0. The molecule has 2 heteroatoms. The molecule has 0 aromatic rings. The molecule has 0 bridgehead atoms. The first kappa shape index (κ1) is 9.17. The molecule has 0 aromatic heterocycles. The van der Waals surface area contributed by atoms with Gasteiger partial charge >= 0.3 is 0 Å². The van der Waals surface area contributed by atoms with Crippen molar-refractivity contribution >= 4 is 0 Å². The number of nitrogens with one attached hydrogen (secondary N) is 1. The zero-order valence-electron chi connectivity index (χ0n) is 9.09. The summed E-state index contributed by atoms with van der Waals surface area (Å²) in [4.78, 5) is 0. The van der Waals surface area contributed by atoms with Gasteiger partial charge in [0.15, 0.2) is 0 Å². The largest absolute Gasteiger partial charge is 0.370 e. The quantitative estimate of drug-likeness (QED) is 0.727. The van der Waals surface area contributed by atoms with Gasteiger partial charge in [-0.1, -0.05) is 6.42 Å². The summed E-state index contributed by atoms with van der Waals surface area (Å²) in [6, 6.07) is 0. The van der Waals surface area contributed by atoms with Crippen LogP contribution in [0.15, 0.2) is 0 Å². The van der Waals surface area contributed by atoms with E-state index in [2.05, 4.69) is 5.32 Å². The molecule has 1 saturated heterocycles. The van der Waals surface area contributed by atoms with Crippen LogP contribution >= 0.6 is 0 Å². The number of likely N-dealkylation sites (N-methyl/N-ethyl adjacent to an activating group) is 1. The Bertz CT molecular complexity index is 230. The summed E-state index contributed by atoms with van der Waals surface area (Å²) in [6.45, 7) is 1.04. The molecule has 4 atom stereocenters. The topological polar surface area (TPSA) is 21.3 Å². The van der Waals surface area contributed by atoms with E-state index in [0.717, 1.165) is 18.4 Å². The van der Waals surface area contributed by atoms with E-state index in [0.29, 0.717) is 11.7 Å². The van der Waals surface area contributed by atoms with Gasteiger partial charge in [-0.2, -0.15) is 0 Å². The molecule has 0 radical (unpaired) electrons. The highest BCUT2D eigenvalue weighted by atomic mass is 16.5. The van der Waals surface area contributed by atoms with Crippen LogP contribution in [0.4, 0.5) is 0 Å². The Labute approximate surface area is 86.4 Å². The second kappa shape index (κ2) is 3.21. The Kier molecular flexibility index (Phi) is 2.10. The van der Waals surface area contributed by atoms with E-state index in [4.69, 9.17) is 4.74 Å². The van der Waals surface area contributed by atoms with Gasteiger partial charge in [-0.25, -0.2) is 0 Å². The summed E-state index contributed by atoms with van der Waals surface area (Å²) in [5, 5.41) is 3.24. The Balaban J connectivity index is 1.67. The highest BCUT2D eigenvalue weighted by molar-refractivity contribution is 5.08. The first-order chi connectivity index (χ1) is 6.84. The first-order valence-electron chi connectivity index (χ1n) is 6.16. The van der Waals surface area contributed by atoms with E-state index in [1.54, 1.807) is 0 Å². The molecule has 14 heavy (non-hydrogen) atoms. The van der Waals surface area contributed by atoms with Crippen molar-refractivity contribution in [1.29, 1.82) is 0 Å². The van der Waals surface area contributed by atoms with E-state index in [-0.39, 0.29) is 0 Å². The second-order valence-electron chi connectivity index (χ2n) is 5.40. The van der Waals surface area contributed by atoms with Crippen LogP contribution in [0.25, 0.3) is 0 Å². The monoisotopic (exact) mass is 195 g/mol. The van der Waals surface area contributed by atoms with Crippen LogP contribution in [0.3, 0.4) is 0 Å². The number of fused-ring (bicyclic) bond motifs is 2. The lowest BCUT2D eigenvalue weighted by Gasteiger charge is -2.33. The molecular weight excluding hydrogens is 174 g/mol. The van der Waals surface area contributed by atoms with Gasteiger partial charge in [-0.15, -0.1) is 0 Å². The fourth-order valence-corrected chi connectivity index (χ4v) is 3.74. The Hall–Kier alpha value is -0.0800. The fourth-order valence-electron chi connectivity index (χ4n) is 3.74. The molecule has 0 aromatic carbocycles. The van der Waals surface area contributed by atoms with Gasteiger partial charge in [0.05, 0.1) is 11.7 Å². The highest BCUT2D eigenvalue weighted by Gasteiger charge is 2.58. The van der Waals surface area contributed by atoms with E-state index in [9.17, 15) is 0 Å². The van der Waals surface area contributed by atoms with Crippen LogP contribution in [-0.2, 0) is 4.74 Å². The van der Waals surface area contributed by atoms with Gasteiger partial charge in [0, 0.05) is 6.54 Å². The Morgan fingerprint density at radius 1 is 1.36 bits per heavy atom. The minimum absolute atomic E-state index is 0.338. The van der Waals surface area contributed by atoms with Crippen molar-refractivity contribution in [3.05, 3.63) is 0 Å². The van der Waals surface area contributed by atoms with Crippen LogP contribution in [-0.4, -0.2) is 25.3 Å². The SMILES string of the molecule is CNCC1CCC2(CCCC3CC32)O1. The van der Waals surface area contributed by atoms with Gasteiger partial charge in [-0.05, 0) is 51.0 Å². The normalized spacial score (nSPS) is 50.8. The van der Waals surface area contributed by atoms with Crippen molar-refractivity contribution < 1.29 is 4.74 Å². The number of ether oxygens (including phenoxy) is 1. The smallest absolute Gasteiger partial charge is 0.0718 e. The van der Waals surface area contributed by atoms with Crippen LogP contribution < -0.4 is 5.32 Å². The molecule has 2 aliphatic carbocycles. The van der Waals surface area contributed by atoms with E-state index in [1.165, 1.54) is 38.5 Å². The third-order valence-corrected chi connectivity index (χ3v) is 4.50. The molecule has 2 nitrogen and oxygen atoms in total. The second-order valence-corrected chi connectivity index (χ2v) is 5.40. The van der Waals surface area contributed by atoms with Crippen LogP contribution in [0, 0.1) is 11.8 Å². The maximum atomic E-state index is 6.32. The zero-order chi connectivity index (χ0) is 9.60. The fraction of sp³-hybridized carbons (Fsp3) is 1.00. The van der Waals surface area contributed by atoms with Crippen LogP contribution in [0.2, 0.25) is 0 Å². The van der Waals surface area contributed by atoms with Crippen molar-refractivity contribution in [3.8, 4) is 0 Å². The Morgan fingerprint density at radius 2 is 2.29 bits per heavy atom. The molecule has 1 heterocycles. The maximum absolute atomic E-state index is 6.32. The number of rotatable bonds is 2. The molecule has 3 aliphatic rings. The zero-order valence-corrected chi connectivity index (χ0v) is 9.09. The lowest BCUT2D eigenvalue weighted by atomic mass is 9.82. The first-order valence-corrected chi connectivity index (χ1v) is 6.16. The van der Waals surface area contributed by atoms with Crippen LogP contribution in [0.5, 0.6) is 0 Å². The van der Waals surface area contributed by atoms with Gasteiger partial charge in [0.2, 0.25) is 0 Å². The summed E-state index contributed by atoms with van der Waals surface area (Å²) < 4.78 is 6.32. The van der Waals surface area contributed by atoms with Crippen molar-refractivity contribution in [3.63, 3.8) is 0 Å². The van der Waals surface area contributed by atoms with Gasteiger partial charge in [-0.3, -0.25) is 0 Å². The average Bonchev–Trinajstić information content (AvgIpc) is 2.87. The molecule has 3 rings (SSSR count). The standard InChI is InChI=1S/C12H21NO/c1-13-8-10-4-6-12(14-10)5-2-3-9-7-11(9)12/h9-11,13H,2-8H2,1H3. The molecule has 1 spiro atoms. The summed E-state index contributed by atoms with van der Waals surface area (Å²) in [7, 11) is 2.02. The minimum atomic E-state index is 0.338. The Morgan fingerprint density at radius 3 is 3.14 bits per heavy atom. The van der Waals surface area contributed by atoms with Gasteiger partial charge in [0.1, 0.15) is 0 Å². The van der Waals surface area contributed by atoms with Gasteiger partial charge < -0.3 is 10.1 Å². The third-order valence-electron chi connectivity index (χ3n) is 4.50. The molecule has 0 amide bonds.